The van der Waals surface area contributed by atoms with Crippen LogP contribution in [0.1, 0.15) is 66.7 Å². The molecule has 0 aliphatic carbocycles. The molecule has 1 aliphatic rings. The average molecular weight is 225 g/mol. The van der Waals surface area contributed by atoms with Gasteiger partial charge < -0.3 is 5.21 Å². The number of nitrogens with zero attached hydrogens (tertiary/aromatic N) is 1. The van der Waals surface area contributed by atoms with Gasteiger partial charge >= 0.3 is 0 Å². The van der Waals surface area contributed by atoms with E-state index in [0.717, 1.165) is 32.1 Å². The Hall–Kier alpha value is -0.340. The van der Waals surface area contributed by atoms with Crippen LogP contribution in [0.3, 0.4) is 0 Å². The third-order valence-electron chi connectivity index (χ3n) is 4.53. The van der Waals surface area contributed by atoms with E-state index in [1.54, 1.807) is 5.06 Å². The van der Waals surface area contributed by atoms with Gasteiger partial charge in [-0.1, -0.05) is 39.3 Å². The first kappa shape index (κ1) is 13.7. The Morgan fingerprint density at radius 2 is 1.62 bits per heavy atom. The van der Waals surface area contributed by atoms with Crippen molar-refractivity contribution in [2.75, 3.05) is 0 Å². The Morgan fingerprint density at radius 3 is 2.00 bits per heavy atom. The van der Waals surface area contributed by atoms with E-state index in [1.165, 1.54) is 5.57 Å². The summed E-state index contributed by atoms with van der Waals surface area (Å²) in [4.78, 5) is 0. The van der Waals surface area contributed by atoms with Crippen molar-refractivity contribution in [1.29, 1.82) is 0 Å². The maximum absolute atomic E-state index is 10.6. The molecule has 0 unspecified atom stereocenters. The fourth-order valence-corrected chi connectivity index (χ4v) is 3.19. The third kappa shape index (κ3) is 1.93. The fourth-order valence-electron chi connectivity index (χ4n) is 3.19. The predicted octanol–water partition coefficient (Wildman–Crippen LogP) is 4.15. The fraction of sp³-hybridized carbons (Fsp3) is 0.857. The quantitative estimate of drug-likeness (QED) is 0.727. The van der Waals surface area contributed by atoms with Gasteiger partial charge in [0.2, 0.25) is 0 Å². The van der Waals surface area contributed by atoms with Crippen LogP contribution in [0.25, 0.3) is 0 Å². The molecular formula is C14H27NO. The second-order valence-electron chi connectivity index (χ2n) is 5.22. The van der Waals surface area contributed by atoms with Crippen molar-refractivity contribution in [3.8, 4) is 0 Å². The minimum atomic E-state index is -0.144. The minimum Gasteiger partial charge on any atom is -0.313 e. The van der Waals surface area contributed by atoms with Crippen LogP contribution >= 0.6 is 0 Å². The van der Waals surface area contributed by atoms with Crippen LogP contribution in [-0.2, 0) is 0 Å². The average Bonchev–Trinajstić information content (AvgIpc) is 2.32. The van der Waals surface area contributed by atoms with Gasteiger partial charge in [-0.3, -0.25) is 0 Å². The third-order valence-corrected chi connectivity index (χ3v) is 4.53. The molecule has 1 N–H and O–H groups in total. The summed E-state index contributed by atoms with van der Waals surface area (Å²) in [7, 11) is 0. The second-order valence-corrected chi connectivity index (χ2v) is 5.22. The second kappa shape index (κ2) is 4.89. The summed E-state index contributed by atoms with van der Waals surface area (Å²) in [5, 5.41) is 12.3. The molecule has 2 heteroatoms. The number of rotatable bonds is 4. The SMILES string of the molecule is CCC1(CC)C=C(C)CC(CC)(CC)N1O. The van der Waals surface area contributed by atoms with Gasteiger partial charge in [0, 0.05) is 0 Å². The maximum Gasteiger partial charge on any atom is 0.0643 e. The van der Waals surface area contributed by atoms with Crippen LogP contribution < -0.4 is 0 Å². The zero-order chi connectivity index (χ0) is 12.4. The van der Waals surface area contributed by atoms with Crippen LogP contribution in [-0.4, -0.2) is 21.3 Å². The Bertz CT molecular complexity index is 262. The van der Waals surface area contributed by atoms with Crippen molar-refractivity contribution in [3.63, 3.8) is 0 Å². The molecule has 1 aliphatic heterocycles. The summed E-state index contributed by atoms with van der Waals surface area (Å²) < 4.78 is 0. The molecule has 0 fully saturated rings. The molecule has 94 valence electrons. The van der Waals surface area contributed by atoms with Crippen molar-refractivity contribution in [3.05, 3.63) is 11.6 Å². The predicted molar refractivity (Wildman–Crippen MR) is 68.6 cm³/mol. The summed E-state index contributed by atoms with van der Waals surface area (Å²) in [6, 6.07) is 0. The van der Waals surface area contributed by atoms with Gasteiger partial charge in [-0.25, -0.2) is 0 Å². The summed E-state index contributed by atoms with van der Waals surface area (Å²) in [6.07, 6.45) is 7.23. The molecule has 1 rings (SSSR count). The summed E-state index contributed by atoms with van der Waals surface area (Å²) in [6.45, 7) is 10.9. The minimum absolute atomic E-state index is 0.0507. The van der Waals surface area contributed by atoms with Crippen LogP contribution in [0.15, 0.2) is 11.6 Å². The molecule has 16 heavy (non-hydrogen) atoms. The van der Waals surface area contributed by atoms with Gasteiger partial charge in [0.25, 0.3) is 0 Å². The standard InChI is InChI=1S/C14H27NO/c1-6-13(7-2)10-12(5)11-14(8-3,9-4)15(13)16/h10,16H,6-9,11H2,1-5H3. The monoisotopic (exact) mass is 225 g/mol. The molecule has 0 atom stereocenters. The Morgan fingerprint density at radius 1 is 1.12 bits per heavy atom. The summed E-state index contributed by atoms with van der Waals surface area (Å²) in [5.41, 5.74) is 1.23. The molecule has 1 heterocycles. The van der Waals surface area contributed by atoms with Crippen LogP contribution in [0.2, 0.25) is 0 Å². The smallest absolute Gasteiger partial charge is 0.0643 e. The van der Waals surface area contributed by atoms with Crippen molar-refractivity contribution in [1.82, 2.24) is 5.06 Å². The summed E-state index contributed by atoms with van der Waals surface area (Å²) >= 11 is 0. The molecule has 2 nitrogen and oxygen atoms in total. The van der Waals surface area contributed by atoms with E-state index in [-0.39, 0.29) is 11.1 Å². The van der Waals surface area contributed by atoms with Gasteiger partial charge in [0.1, 0.15) is 0 Å². The molecule has 0 aromatic rings. The van der Waals surface area contributed by atoms with Crippen molar-refractivity contribution in [2.45, 2.75) is 77.8 Å². The lowest BCUT2D eigenvalue weighted by Crippen LogP contribution is -2.60. The maximum atomic E-state index is 10.6. The van der Waals surface area contributed by atoms with E-state index in [9.17, 15) is 5.21 Å². The molecule has 0 saturated heterocycles. The Kier molecular flexibility index (Phi) is 4.19. The van der Waals surface area contributed by atoms with Gasteiger partial charge in [-0.15, -0.1) is 0 Å². The molecule has 0 radical (unpaired) electrons. The van der Waals surface area contributed by atoms with E-state index in [0.29, 0.717) is 0 Å². The number of hydrogen-bond acceptors (Lipinski definition) is 2. The first-order valence-corrected chi connectivity index (χ1v) is 6.67. The first-order chi connectivity index (χ1) is 7.50. The van der Waals surface area contributed by atoms with E-state index in [2.05, 4.69) is 40.7 Å². The van der Waals surface area contributed by atoms with Crippen LogP contribution in [0, 0.1) is 0 Å². The highest BCUT2D eigenvalue weighted by Crippen LogP contribution is 2.43. The van der Waals surface area contributed by atoms with Gasteiger partial charge in [-0.05, 0) is 39.0 Å². The molecule has 0 aromatic heterocycles. The van der Waals surface area contributed by atoms with Gasteiger partial charge in [0.15, 0.2) is 0 Å². The van der Waals surface area contributed by atoms with E-state index in [1.807, 2.05) is 0 Å². The Labute approximate surface area is 100 Å². The molecule has 0 amide bonds. The molecule has 0 aromatic carbocycles. The highest BCUT2D eigenvalue weighted by atomic mass is 16.5. The van der Waals surface area contributed by atoms with E-state index >= 15 is 0 Å². The van der Waals surface area contributed by atoms with Gasteiger partial charge in [-0.2, -0.15) is 5.06 Å². The molecule has 0 bridgehead atoms. The van der Waals surface area contributed by atoms with Gasteiger partial charge in [0.05, 0.1) is 11.1 Å². The molecule has 0 spiro atoms. The largest absolute Gasteiger partial charge is 0.313 e. The Balaban J connectivity index is 3.19. The molecule has 0 saturated carbocycles. The first-order valence-electron chi connectivity index (χ1n) is 6.67. The lowest BCUT2D eigenvalue weighted by atomic mass is 9.74. The zero-order valence-corrected chi connectivity index (χ0v) is 11.5. The van der Waals surface area contributed by atoms with Crippen molar-refractivity contribution >= 4 is 0 Å². The highest BCUT2D eigenvalue weighted by molar-refractivity contribution is 5.21. The molecular weight excluding hydrogens is 198 g/mol. The van der Waals surface area contributed by atoms with E-state index in [4.69, 9.17) is 0 Å². The normalized spacial score (nSPS) is 24.2. The lowest BCUT2D eigenvalue weighted by Gasteiger charge is -2.52. The van der Waals surface area contributed by atoms with Crippen LogP contribution in [0.5, 0.6) is 0 Å². The lowest BCUT2D eigenvalue weighted by molar-refractivity contribution is -0.238. The van der Waals surface area contributed by atoms with Crippen molar-refractivity contribution in [2.24, 2.45) is 0 Å². The number of hydrogen-bond donors (Lipinski definition) is 1. The van der Waals surface area contributed by atoms with E-state index < -0.39 is 0 Å². The topological polar surface area (TPSA) is 23.5 Å². The highest BCUT2D eigenvalue weighted by Gasteiger charge is 2.46. The van der Waals surface area contributed by atoms with Crippen molar-refractivity contribution < 1.29 is 5.21 Å². The van der Waals surface area contributed by atoms with Crippen LogP contribution in [0.4, 0.5) is 0 Å². The zero-order valence-electron chi connectivity index (χ0n) is 11.5. The summed E-state index contributed by atoms with van der Waals surface area (Å²) in [5.74, 6) is 0. The number of hydroxylamine groups is 2.